The van der Waals surface area contributed by atoms with Gasteiger partial charge in [-0.1, -0.05) is 29.4 Å². The number of aliphatic hydroxyl groups excluding tert-OH is 5. The normalized spacial score (nSPS) is 28.0. The van der Waals surface area contributed by atoms with Crippen molar-refractivity contribution in [1.29, 1.82) is 0 Å². The Balaban J connectivity index is 1.63. The summed E-state index contributed by atoms with van der Waals surface area (Å²) in [5, 5.41) is 55.3. The van der Waals surface area contributed by atoms with Gasteiger partial charge in [-0.05, 0) is 48.2 Å². The van der Waals surface area contributed by atoms with Crippen molar-refractivity contribution in [3.8, 4) is 11.1 Å². The number of nitrogens with zero attached hydrogens (tertiary/aromatic N) is 1. The molecule has 5 unspecified atom stereocenters. The van der Waals surface area contributed by atoms with Crippen LogP contribution in [0.4, 0.5) is 0 Å². The predicted molar refractivity (Wildman–Crippen MR) is 108 cm³/mol. The minimum Gasteiger partial charge on any atom is -0.394 e. The van der Waals surface area contributed by atoms with E-state index >= 15 is 0 Å². The van der Waals surface area contributed by atoms with Gasteiger partial charge >= 0.3 is 0 Å². The summed E-state index contributed by atoms with van der Waals surface area (Å²) in [5.74, 6) is 0. The summed E-state index contributed by atoms with van der Waals surface area (Å²) < 4.78 is 10.7. The van der Waals surface area contributed by atoms with Crippen molar-refractivity contribution < 1.29 is 34.8 Å². The number of aryl methyl sites for hydroxylation is 2. The van der Waals surface area contributed by atoms with Gasteiger partial charge in [-0.3, -0.25) is 0 Å². The molecule has 0 aliphatic carbocycles. The third-order valence-corrected chi connectivity index (χ3v) is 5.81. The highest BCUT2D eigenvalue weighted by Gasteiger charge is 2.46. The zero-order chi connectivity index (χ0) is 21.6. The molecule has 4 rings (SSSR count). The Kier molecular flexibility index (Phi) is 5.63. The number of hydrogen-bond acceptors (Lipinski definition) is 8. The van der Waals surface area contributed by atoms with Crippen LogP contribution in [-0.4, -0.2) is 67.8 Å². The summed E-state index contributed by atoms with van der Waals surface area (Å²) in [6.45, 7) is 3.16. The number of aliphatic hydroxyl groups is 5. The minimum atomic E-state index is -1.53. The first kappa shape index (κ1) is 20.9. The van der Waals surface area contributed by atoms with Gasteiger partial charge in [0.25, 0.3) is 0 Å². The Morgan fingerprint density at radius 2 is 1.67 bits per heavy atom. The molecule has 1 aliphatic heterocycles. The molecule has 1 aromatic heterocycles. The van der Waals surface area contributed by atoms with E-state index in [1.54, 1.807) is 6.07 Å². The summed E-state index contributed by atoms with van der Waals surface area (Å²) in [7, 11) is 0. The lowest BCUT2D eigenvalue weighted by Crippen LogP contribution is -2.59. The highest BCUT2D eigenvalue weighted by molar-refractivity contribution is 5.85. The van der Waals surface area contributed by atoms with E-state index in [9.17, 15) is 25.5 Å². The van der Waals surface area contributed by atoms with Crippen molar-refractivity contribution in [2.75, 3.05) is 6.61 Å². The average molecular weight is 415 g/mol. The molecule has 30 heavy (non-hydrogen) atoms. The van der Waals surface area contributed by atoms with Gasteiger partial charge in [-0.15, -0.1) is 0 Å². The smallest absolute Gasteiger partial charge is 0.167 e. The molecule has 2 heterocycles. The van der Waals surface area contributed by atoms with Crippen LogP contribution in [0.2, 0.25) is 0 Å². The summed E-state index contributed by atoms with van der Waals surface area (Å²) in [5.41, 5.74) is 4.69. The molecule has 5 N–H and O–H groups in total. The van der Waals surface area contributed by atoms with Gasteiger partial charge in [0.15, 0.2) is 5.58 Å². The van der Waals surface area contributed by atoms with Crippen LogP contribution in [0.15, 0.2) is 40.9 Å². The van der Waals surface area contributed by atoms with Crippen LogP contribution in [-0.2, 0) is 4.74 Å². The number of rotatable bonds is 4. The second-order valence-corrected chi connectivity index (χ2v) is 7.79. The minimum absolute atomic E-state index is 0.519. The van der Waals surface area contributed by atoms with Crippen molar-refractivity contribution in [2.45, 2.75) is 50.5 Å². The molecule has 1 saturated heterocycles. The van der Waals surface area contributed by atoms with E-state index in [2.05, 4.69) is 5.16 Å². The number of hydrogen-bond donors (Lipinski definition) is 5. The molecule has 2 aromatic carbocycles. The highest BCUT2D eigenvalue weighted by atomic mass is 16.6. The van der Waals surface area contributed by atoms with Crippen LogP contribution in [0.3, 0.4) is 0 Å². The zero-order valence-electron chi connectivity index (χ0n) is 16.6. The Morgan fingerprint density at radius 1 is 0.967 bits per heavy atom. The maximum absolute atomic E-state index is 10.8. The number of fused-ring (bicyclic) bond motifs is 1. The van der Waals surface area contributed by atoms with E-state index in [4.69, 9.17) is 9.26 Å². The SMILES string of the molecule is Cc1cc(-c2ccc3onc(C)c3c2)ccc1[C@@H](O)C1OC(CO)C(O)C(O)C1O. The van der Waals surface area contributed by atoms with Crippen LogP contribution < -0.4 is 0 Å². The van der Waals surface area contributed by atoms with Gasteiger partial charge in [0, 0.05) is 5.39 Å². The fraction of sp³-hybridized carbons (Fsp3) is 0.409. The number of benzene rings is 2. The van der Waals surface area contributed by atoms with Crippen LogP contribution in [0.25, 0.3) is 22.1 Å². The van der Waals surface area contributed by atoms with Crippen LogP contribution >= 0.6 is 0 Å². The predicted octanol–water partition coefficient (Wildman–Crippen LogP) is 0.987. The second kappa shape index (κ2) is 8.07. The van der Waals surface area contributed by atoms with Gasteiger partial charge in [0.2, 0.25) is 0 Å². The molecule has 1 fully saturated rings. The van der Waals surface area contributed by atoms with Gasteiger partial charge < -0.3 is 34.8 Å². The molecule has 8 heteroatoms. The topological polar surface area (TPSA) is 136 Å². The molecule has 0 radical (unpaired) electrons. The molecule has 0 spiro atoms. The Hall–Kier alpha value is -2.33. The molecule has 0 saturated carbocycles. The lowest BCUT2D eigenvalue weighted by atomic mass is 9.88. The maximum Gasteiger partial charge on any atom is 0.167 e. The van der Waals surface area contributed by atoms with Crippen molar-refractivity contribution in [3.63, 3.8) is 0 Å². The first-order chi connectivity index (χ1) is 14.3. The Morgan fingerprint density at radius 3 is 2.37 bits per heavy atom. The molecule has 6 atom stereocenters. The van der Waals surface area contributed by atoms with Crippen LogP contribution in [0, 0.1) is 13.8 Å². The van der Waals surface area contributed by atoms with Gasteiger partial charge in [0.1, 0.15) is 36.6 Å². The summed E-state index contributed by atoms with van der Waals surface area (Å²) in [6, 6.07) is 11.3. The molecule has 3 aromatic rings. The quantitative estimate of drug-likeness (QED) is 0.426. The monoisotopic (exact) mass is 415 g/mol. The molecule has 160 valence electrons. The van der Waals surface area contributed by atoms with E-state index in [-0.39, 0.29) is 0 Å². The van der Waals surface area contributed by atoms with Crippen molar-refractivity contribution in [3.05, 3.63) is 53.2 Å². The first-order valence-electron chi connectivity index (χ1n) is 9.77. The van der Waals surface area contributed by atoms with Gasteiger partial charge in [-0.25, -0.2) is 0 Å². The lowest BCUT2D eigenvalue weighted by Gasteiger charge is -2.42. The van der Waals surface area contributed by atoms with Crippen LogP contribution in [0.5, 0.6) is 0 Å². The third kappa shape index (κ3) is 3.51. The van der Waals surface area contributed by atoms with Gasteiger partial charge in [-0.2, -0.15) is 0 Å². The molecule has 0 amide bonds. The number of aromatic nitrogens is 1. The van der Waals surface area contributed by atoms with Crippen molar-refractivity contribution in [1.82, 2.24) is 5.16 Å². The highest BCUT2D eigenvalue weighted by Crippen LogP contribution is 2.34. The van der Waals surface area contributed by atoms with Gasteiger partial charge in [0.05, 0.1) is 12.3 Å². The molecule has 8 nitrogen and oxygen atoms in total. The molecule has 0 bridgehead atoms. The second-order valence-electron chi connectivity index (χ2n) is 7.79. The van der Waals surface area contributed by atoms with E-state index in [1.807, 2.05) is 44.2 Å². The fourth-order valence-corrected chi connectivity index (χ4v) is 3.99. The van der Waals surface area contributed by atoms with E-state index < -0.39 is 43.2 Å². The first-order valence-corrected chi connectivity index (χ1v) is 9.77. The summed E-state index contributed by atoms with van der Waals surface area (Å²) >= 11 is 0. The molecular formula is C22H25NO7. The summed E-state index contributed by atoms with van der Waals surface area (Å²) in [6.07, 6.45) is -8.02. The van der Waals surface area contributed by atoms with Crippen LogP contribution in [0.1, 0.15) is 22.9 Å². The Labute approximate surface area is 172 Å². The average Bonchev–Trinajstić information content (AvgIpc) is 3.12. The maximum atomic E-state index is 10.8. The van der Waals surface area contributed by atoms with E-state index in [1.165, 1.54) is 0 Å². The van der Waals surface area contributed by atoms with E-state index in [0.29, 0.717) is 11.1 Å². The summed E-state index contributed by atoms with van der Waals surface area (Å²) in [4.78, 5) is 0. The van der Waals surface area contributed by atoms with E-state index in [0.717, 1.165) is 27.8 Å². The Bertz CT molecular complexity index is 1050. The van der Waals surface area contributed by atoms with Crippen molar-refractivity contribution >= 4 is 11.0 Å². The standard InChI is InChI=1S/C22H25NO7/c1-10-7-12(13-4-6-16-15(8-13)11(2)23-30-16)3-5-14(10)18(25)22-21(28)20(27)19(26)17(9-24)29-22/h3-8,17-22,24-28H,9H2,1-2H3/t17?,18-,19?,20?,21?,22?/m1/s1. The lowest BCUT2D eigenvalue weighted by molar-refractivity contribution is -0.250. The fourth-order valence-electron chi connectivity index (χ4n) is 3.99. The third-order valence-electron chi connectivity index (χ3n) is 5.81. The van der Waals surface area contributed by atoms with Crippen molar-refractivity contribution in [2.24, 2.45) is 0 Å². The number of ether oxygens (including phenoxy) is 1. The molecular weight excluding hydrogens is 390 g/mol. The largest absolute Gasteiger partial charge is 0.394 e. The zero-order valence-corrected chi connectivity index (χ0v) is 16.6. The molecule has 1 aliphatic rings.